The Hall–Kier alpha value is -0.570. The third-order valence-electron chi connectivity index (χ3n) is 4.15. The summed E-state index contributed by atoms with van der Waals surface area (Å²) < 4.78 is 0. The highest BCUT2D eigenvalue weighted by Crippen LogP contribution is 2.27. The zero-order valence-corrected chi connectivity index (χ0v) is 12.2. The van der Waals surface area contributed by atoms with Crippen molar-refractivity contribution in [1.82, 2.24) is 10.2 Å². The minimum Gasteiger partial charge on any atom is -0.355 e. The van der Waals surface area contributed by atoms with E-state index in [1.165, 1.54) is 32.1 Å². The van der Waals surface area contributed by atoms with Crippen LogP contribution < -0.4 is 5.32 Å². The molecule has 1 aliphatic carbocycles. The molecule has 0 atom stereocenters. The van der Waals surface area contributed by atoms with Crippen molar-refractivity contribution in [3.8, 4) is 0 Å². The van der Waals surface area contributed by atoms with E-state index in [4.69, 9.17) is 0 Å². The van der Waals surface area contributed by atoms with Gasteiger partial charge in [0.2, 0.25) is 5.91 Å². The van der Waals surface area contributed by atoms with E-state index < -0.39 is 0 Å². The number of carbonyl (C=O) groups is 1. The molecule has 0 aromatic heterocycles. The molecule has 0 unspecified atom stereocenters. The molecule has 1 N–H and O–H groups in total. The first-order valence-electron chi connectivity index (χ1n) is 7.75. The van der Waals surface area contributed by atoms with Crippen LogP contribution in [0.1, 0.15) is 58.8 Å². The predicted molar refractivity (Wildman–Crippen MR) is 76.6 cm³/mol. The second-order valence-electron chi connectivity index (χ2n) is 5.42. The van der Waals surface area contributed by atoms with Gasteiger partial charge in [-0.05, 0) is 25.4 Å². The Kier molecular flexibility index (Phi) is 8.06. The van der Waals surface area contributed by atoms with E-state index in [0.29, 0.717) is 0 Å². The second kappa shape index (κ2) is 9.37. The Morgan fingerprint density at radius 1 is 1.17 bits per heavy atom. The van der Waals surface area contributed by atoms with Gasteiger partial charge in [-0.2, -0.15) is 0 Å². The molecule has 3 nitrogen and oxygen atoms in total. The molecule has 3 heteroatoms. The third kappa shape index (κ3) is 6.39. The standard InChI is InChI=1S/C15H30N2O/c1-3-17(4-2)13-12-16-15(18)11-10-14-8-6-5-7-9-14/h14H,3-13H2,1-2H3,(H,16,18). The van der Waals surface area contributed by atoms with Gasteiger partial charge >= 0.3 is 0 Å². The third-order valence-corrected chi connectivity index (χ3v) is 4.15. The summed E-state index contributed by atoms with van der Waals surface area (Å²) in [6.45, 7) is 8.22. The van der Waals surface area contributed by atoms with Crippen LogP contribution in [0.5, 0.6) is 0 Å². The van der Waals surface area contributed by atoms with E-state index in [1.807, 2.05) is 0 Å². The highest BCUT2D eigenvalue weighted by Gasteiger charge is 2.14. The fourth-order valence-electron chi connectivity index (χ4n) is 2.79. The van der Waals surface area contributed by atoms with Crippen molar-refractivity contribution in [3.05, 3.63) is 0 Å². The van der Waals surface area contributed by atoms with Gasteiger partial charge in [-0.15, -0.1) is 0 Å². The molecule has 0 radical (unpaired) electrons. The number of hydrogen-bond acceptors (Lipinski definition) is 2. The van der Waals surface area contributed by atoms with Gasteiger partial charge in [-0.1, -0.05) is 46.0 Å². The molecule has 0 aromatic carbocycles. The molecule has 0 aromatic rings. The zero-order valence-electron chi connectivity index (χ0n) is 12.2. The van der Waals surface area contributed by atoms with Crippen LogP contribution in [-0.2, 0) is 4.79 Å². The van der Waals surface area contributed by atoms with E-state index >= 15 is 0 Å². The number of nitrogens with zero attached hydrogens (tertiary/aromatic N) is 1. The minimum atomic E-state index is 0.243. The lowest BCUT2D eigenvalue weighted by atomic mass is 9.86. The summed E-state index contributed by atoms with van der Waals surface area (Å²) in [5.74, 6) is 1.06. The van der Waals surface area contributed by atoms with Gasteiger partial charge in [-0.3, -0.25) is 4.79 Å². The van der Waals surface area contributed by atoms with Gasteiger partial charge < -0.3 is 10.2 Å². The highest BCUT2D eigenvalue weighted by atomic mass is 16.1. The Morgan fingerprint density at radius 2 is 1.83 bits per heavy atom. The van der Waals surface area contributed by atoms with Gasteiger partial charge in [0.05, 0.1) is 0 Å². The molecule has 18 heavy (non-hydrogen) atoms. The molecule has 106 valence electrons. The van der Waals surface area contributed by atoms with E-state index in [2.05, 4.69) is 24.1 Å². The molecule has 0 spiro atoms. The first-order valence-corrected chi connectivity index (χ1v) is 7.75. The summed E-state index contributed by atoms with van der Waals surface area (Å²) in [4.78, 5) is 14.0. The van der Waals surface area contributed by atoms with Crippen LogP contribution in [0.2, 0.25) is 0 Å². The molecule has 1 rings (SSSR count). The molecular formula is C15H30N2O. The van der Waals surface area contributed by atoms with Crippen molar-refractivity contribution in [1.29, 1.82) is 0 Å². The van der Waals surface area contributed by atoms with Crippen LogP contribution in [0, 0.1) is 5.92 Å². The summed E-state index contributed by atoms with van der Waals surface area (Å²) in [6.07, 6.45) is 8.63. The predicted octanol–water partition coefficient (Wildman–Crippen LogP) is 2.80. The summed E-state index contributed by atoms with van der Waals surface area (Å²) in [6, 6.07) is 0. The molecule has 0 heterocycles. The number of hydrogen-bond donors (Lipinski definition) is 1. The average Bonchev–Trinajstić information content (AvgIpc) is 2.42. The van der Waals surface area contributed by atoms with Crippen molar-refractivity contribution in [2.45, 2.75) is 58.8 Å². The normalized spacial score (nSPS) is 17.1. The number of nitrogens with one attached hydrogen (secondary N) is 1. The Labute approximate surface area is 112 Å². The summed E-state index contributed by atoms with van der Waals surface area (Å²) in [7, 11) is 0. The average molecular weight is 254 g/mol. The lowest BCUT2D eigenvalue weighted by Gasteiger charge is -2.21. The second-order valence-corrected chi connectivity index (χ2v) is 5.42. The summed E-state index contributed by atoms with van der Waals surface area (Å²) >= 11 is 0. The smallest absolute Gasteiger partial charge is 0.220 e. The van der Waals surface area contributed by atoms with E-state index in [1.54, 1.807) is 0 Å². The quantitative estimate of drug-likeness (QED) is 0.722. The maximum Gasteiger partial charge on any atom is 0.220 e. The number of carbonyl (C=O) groups excluding carboxylic acids is 1. The lowest BCUT2D eigenvalue weighted by Crippen LogP contribution is -2.34. The van der Waals surface area contributed by atoms with Gasteiger partial charge in [0.15, 0.2) is 0 Å². The van der Waals surface area contributed by atoms with Gasteiger partial charge in [0.1, 0.15) is 0 Å². The van der Waals surface area contributed by atoms with Crippen molar-refractivity contribution in [2.75, 3.05) is 26.2 Å². The van der Waals surface area contributed by atoms with Crippen LogP contribution in [0.3, 0.4) is 0 Å². The highest BCUT2D eigenvalue weighted by molar-refractivity contribution is 5.75. The number of likely N-dealkylation sites (N-methyl/N-ethyl adjacent to an activating group) is 1. The lowest BCUT2D eigenvalue weighted by molar-refractivity contribution is -0.121. The van der Waals surface area contributed by atoms with Gasteiger partial charge in [0, 0.05) is 19.5 Å². The van der Waals surface area contributed by atoms with Crippen LogP contribution in [0.25, 0.3) is 0 Å². The molecule has 0 bridgehead atoms. The molecule has 1 fully saturated rings. The van der Waals surface area contributed by atoms with Crippen LogP contribution in [-0.4, -0.2) is 37.0 Å². The molecule has 0 aliphatic heterocycles. The first-order chi connectivity index (χ1) is 8.76. The first kappa shape index (κ1) is 15.5. The van der Waals surface area contributed by atoms with Crippen LogP contribution in [0.15, 0.2) is 0 Å². The molecule has 1 aliphatic rings. The van der Waals surface area contributed by atoms with Crippen molar-refractivity contribution >= 4 is 5.91 Å². The fraction of sp³-hybridized carbons (Fsp3) is 0.933. The van der Waals surface area contributed by atoms with Crippen molar-refractivity contribution < 1.29 is 4.79 Å². The summed E-state index contributed by atoms with van der Waals surface area (Å²) in [5.41, 5.74) is 0. The molecule has 1 amide bonds. The zero-order chi connectivity index (χ0) is 13.2. The molecule has 1 saturated carbocycles. The maximum atomic E-state index is 11.7. The summed E-state index contributed by atoms with van der Waals surface area (Å²) in [5, 5.41) is 3.04. The van der Waals surface area contributed by atoms with E-state index in [9.17, 15) is 4.79 Å². The number of amides is 1. The van der Waals surface area contributed by atoms with Crippen molar-refractivity contribution in [3.63, 3.8) is 0 Å². The maximum absolute atomic E-state index is 11.7. The monoisotopic (exact) mass is 254 g/mol. The van der Waals surface area contributed by atoms with Crippen LogP contribution in [0.4, 0.5) is 0 Å². The van der Waals surface area contributed by atoms with E-state index in [0.717, 1.165) is 44.9 Å². The van der Waals surface area contributed by atoms with Crippen molar-refractivity contribution in [2.24, 2.45) is 5.92 Å². The van der Waals surface area contributed by atoms with E-state index in [-0.39, 0.29) is 5.91 Å². The number of rotatable bonds is 8. The Balaban J connectivity index is 2.02. The molecular weight excluding hydrogens is 224 g/mol. The van der Waals surface area contributed by atoms with Gasteiger partial charge in [-0.25, -0.2) is 0 Å². The Morgan fingerprint density at radius 3 is 2.44 bits per heavy atom. The largest absolute Gasteiger partial charge is 0.355 e. The topological polar surface area (TPSA) is 32.3 Å². The fourth-order valence-corrected chi connectivity index (χ4v) is 2.79. The SMILES string of the molecule is CCN(CC)CCNC(=O)CCC1CCCCC1. The van der Waals surface area contributed by atoms with Crippen LogP contribution >= 0.6 is 0 Å². The molecule has 0 saturated heterocycles. The minimum absolute atomic E-state index is 0.243. The van der Waals surface area contributed by atoms with Gasteiger partial charge in [0.25, 0.3) is 0 Å². The Bertz CT molecular complexity index is 221.